The van der Waals surface area contributed by atoms with Gasteiger partial charge < -0.3 is 14.7 Å². The van der Waals surface area contributed by atoms with Gasteiger partial charge in [-0.15, -0.1) is 0 Å². The molecule has 0 rings (SSSR count). The Labute approximate surface area is 156 Å². The molecule has 0 radical (unpaired) electrons. The maximum absolute atomic E-state index is 11.8. The molecule has 2 N–H and O–H groups in total. The Kier molecular flexibility index (Phi) is 17.7. The number of carbonyl (C=O) groups excluding carboxylic acids is 1. The van der Waals surface area contributed by atoms with Crippen LogP contribution >= 0.6 is 0 Å². The number of quaternary nitrogens is 1. The highest BCUT2D eigenvalue weighted by atomic mass is 16.5. The van der Waals surface area contributed by atoms with E-state index in [0.717, 1.165) is 19.4 Å². The van der Waals surface area contributed by atoms with Crippen LogP contribution in [-0.4, -0.2) is 43.4 Å². The van der Waals surface area contributed by atoms with Crippen molar-refractivity contribution in [1.82, 2.24) is 0 Å². The monoisotopic (exact) mass is 358 g/mol. The zero-order valence-electron chi connectivity index (χ0n) is 17.2. The first-order chi connectivity index (χ1) is 12.1. The first-order valence-electron chi connectivity index (χ1n) is 10.8. The van der Waals surface area contributed by atoms with Crippen LogP contribution in [0.25, 0.3) is 0 Å². The van der Waals surface area contributed by atoms with Crippen molar-refractivity contribution in [3.63, 3.8) is 0 Å². The molecule has 0 bridgehead atoms. The third kappa shape index (κ3) is 16.6. The van der Waals surface area contributed by atoms with Crippen molar-refractivity contribution in [3.05, 3.63) is 0 Å². The standard InChI is InChI=1S/C21H43NO3/c1-4-7-10-11-12-13-20(23)14-15-21(24)25-19-18-22(16-8-5-2)17-9-6-3/h20,23H,4-19H2,1-3H3/p+1. The molecule has 0 fully saturated rings. The van der Waals surface area contributed by atoms with Crippen LogP contribution in [0.15, 0.2) is 0 Å². The molecule has 150 valence electrons. The highest BCUT2D eigenvalue weighted by Crippen LogP contribution is 2.10. The first-order valence-corrected chi connectivity index (χ1v) is 10.8. The second-order valence-corrected chi connectivity index (χ2v) is 7.32. The van der Waals surface area contributed by atoms with E-state index in [2.05, 4.69) is 20.8 Å². The molecule has 0 heterocycles. The van der Waals surface area contributed by atoms with Gasteiger partial charge in [-0.3, -0.25) is 4.79 Å². The zero-order valence-corrected chi connectivity index (χ0v) is 17.2. The molecule has 0 amide bonds. The van der Waals surface area contributed by atoms with Crippen molar-refractivity contribution in [3.8, 4) is 0 Å². The quantitative estimate of drug-likeness (QED) is 0.291. The van der Waals surface area contributed by atoms with Gasteiger partial charge in [-0.25, -0.2) is 0 Å². The van der Waals surface area contributed by atoms with Crippen LogP contribution < -0.4 is 4.90 Å². The van der Waals surface area contributed by atoms with Gasteiger partial charge in [0.1, 0.15) is 13.2 Å². The van der Waals surface area contributed by atoms with Crippen LogP contribution in [0, 0.1) is 0 Å². The fraction of sp³-hybridized carbons (Fsp3) is 0.952. The number of rotatable bonds is 18. The summed E-state index contributed by atoms with van der Waals surface area (Å²) in [4.78, 5) is 13.4. The second kappa shape index (κ2) is 18.2. The molecular weight excluding hydrogens is 314 g/mol. The number of ether oxygens (including phenoxy) is 1. The van der Waals surface area contributed by atoms with Gasteiger partial charge >= 0.3 is 5.97 Å². The number of unbranched alkanes of at least 4 members (excludes halogenated alkanes) is 6. The van der Waals surface area contributed by atoms with Crippen LogP contribution in [0.4, 0.5) is 0 Å². The van der Waals surface area contributed by atoms with E-state index in [1.54, 1.807) is 4.90 Å². The molecule has 4 nitrogen and oxygen atoms in total. The third-order valence-electron chi connectivity index (χ3n) is 4.81. The van der Waals surface area contributed by atoms with Gasteiger partial charge in [0.05, 0.1) is 19.2 Å². The molecule has 4 heteroatoms. The Morgan fingerprint density at radius 3 is 2.04 bits per heavy atom. The molecule has 0 aromatic rings. The Morgan fingerprint density at radius 2 is 1.44 bits per heavy atom. The molecule has 25 heavy (non-hydrogen) atoms. The summed E-state index contributed by atoms with van der Waals surface area (Å²) in [7, 11) is 0. The molecular formula is C21H44NO3+. The third-order valence-corrected chi connectivity index (χ3v) is 4.81. The minimum Gasteiger partial charge on any atom is -0.460 e. The van der Waals surface area contributed by atoms with Crippen LogP contribution in [0.3, 0.4) is 0 Å². The lowest BCUT2D eigenvalue weighted by Crippen LogP contribution is -3.12. The summed E-state index contributed by atoms with van der Waals surface area (Å²) in [5, 5.41) is 9.95. The van der Waals surface area contributed by atoms with E-state index in [0.29, 0.717) is 19.4 Å². The van der Waals surface area contributed by atoms with Crippen molar-refractivity contribution < 1.29 is 19.5 Å². The van der Waals surface area contributed by atoms with Crippen molar-refractivity contribution in [1.29, 1.82) is 0 Å². The summed E-state index contributed by atoms with van der Waals surface area (Å²) in [6, 6.07) is 0. The SMILES string of the molecule is CCCCCCCC(O)CCC(=O)OCC[NH+](CCCC)CCCC. The highest BCUT2D eigenvalue weighted by molar-refractivity contribution is 5.69. The lowest BCUT2D eigenvalue weighted by molar-refractivity contribution is -0.900. The molecule has 0 aliphatic heterocycles. The van der Waals surface area contributed by atoms with Gasteiger partial charge in [0, 0.05) is 6.42 Å². The first kappa shape index (κ1) is 24.4. The summed E-state index contributed by atoms with van der Waals surface area (Å²) >= 11 is 0. The van der Waals surface area contributed by atoms with E-state index in [9.17, 15) is 9.90 Å². The predicted molar refractivity (Wildman–Crippen MR) is 105 cm³/mol. The normalized spacial score (nSPS) is 12.5. The van der Waals surface area contributed by atoms with Crippen LogP contribution in [0.2, 0.25) is 0 Å². The number of hydrogen-bond donors (Lipinski definition) is 2. The maximum atomic E-state index is 11.8. The highest BCUT2D eigenvalue weighted by Gasteiger charge is 2.11. The molecule has 0 saturated heterocycles. The number of carbonyl (C=O) groups is 1. The zero-order chi connectivity index (χ0) is 18.8. The number of nitrogens with one attached hydrogen (secondary N) is 1. The van der Waals surface area contributed by atoms with Gasteiger partial charge in [-0.2, -0.15) is 0 Å². The van der Waals surface area contributed by atoms with Gasteiger partial charge in [-0.05, 0) is 25.7 Å². The molecule has 0 aromatic carbocycles. The minimum absolute atomic E-state index is 0.157. The smallest absolute Gasteiger partial charge is 0.306 e. The van der Waals surface area contributed by atoms with Gasteiger partial charge in [0.15, 0.2) is 0 Å². The van der Waals surface area contributed by atoms with Gasteiger partial charge in [0.25, 0.3) is 0 Å². The molecule has 0 saturated carbocycles. The van der Waals surface area contributed by atoms with Crippen LogP contribution in [0.5, 0.6) is 0 Å². The van der Waals surface area contributed by atoms with Crippen molar-refractivity contribution in [2.24, 2.45) is 0 Å². The predicted octanol–water partition coefficient (Wildman–Crippen LogP) is 3.52. The Bertz CT molecular complexity index is 289. The molecule has 0 aromatic heterocycles. The molecule has 0 spiro atoms. The summed E-state index contributed by atoms with van der Waals surface area (Å²) < 4.78 is 5.37. The van der Waals surface area contributed by atoms with Crippen molar-refractivity contribution in [2.45, 2.75) is 104 Å². The topological polar surface area (TPSA) is 51.0 Å². The van der Waals surface area contributed by atoms with E-state index in [1.807, 2.05) is 0 Å². The Morgan fingerprint density at radius 1 is 0.840 bits per heavy atom. The van der Waals surface area contributed by atoms with E-state index in [-0.39, 0.29) is 12.1 Å². The number of aliphatic hydroxyl groups excluding tert-OH is 1. The number of hydrogen-bond acceptors (Lipinski definition) is 3. The van der Waals surface area contributed by atoms with Crippen molar-refractivity contribution in [2.75, 3.05) is 26.2 Å². The largest absolute Gasteiger partial charge is 0.460 e. The molecule has 1 atom stereocenters. The van der Waals surface area contributed by atoms with E-state index >= 15 is 0 Å². The Hall–Kier alpha value is -0.610. The average Bonchev–Trinajstić information content (AvgIpc) is 2.61. The Balaban J connectivity index is 3.71. The van der Waals surface area contributed by atoms with E-state index in [1.165, 1.54) is 64.5 Å². The minimum atomic E-state index is -0.356. The average molecular weight is 359 g/mol. The number of esters is 1. The molecule has 1 unspecified atom stereocenters. The maximum Gasteiger partial charge on any atom is 0.306 e. The summed E-state index contributed by atoms with van der Waals surface area (Å²) in [6.45, 7) is 10.4. The van der Waals surface area contributed by atoms with E-state index in [4.69, 9.17) is 4.74 Å². The lowest BCUT2D eigenvalue weighted by Gasteiger charge is -2.19. The fourth-order valence-electron chi connectivity index (χ4n) is 3.02. The lowest BCUT2D eigenvalue weighted by atomic mass is 10.1. The molecule has 0 aliphatic carbocycles. The number of aliphatic hydroxyl groups is 1. The second-order valence-electron chi connectivity index (χ2n) is 7.32. The van der Waals surface area contributed by atoms with Gasteiger partial charge in [0.2, 0.25) is 0 Å². The summed E-state index contributed by atoms with van der Waals surface area (Å²) in [5.74, 6) is -0.157. The molecule has 0 aliphatic rings. The van der Waals surface area contributed by atoms with Crippen LogP contribution in [-0.2, 0) is 9.53 Å². The van der Waals surface area contributed by atoms with Gasteiger partial charge in [-0.1, -0.05) is 65.7 Å². The fourth-order valence-corrected chi connectivity index (χ4v) is 3.02. The van der Waals surface area contributed by atoms with Crippen LogP contribution in [0.1, 0.15) is 97.8 Å². The van der Waals surface area contributed by atoms with E-state index < -0.39 is 0 Å². The summed E-state index contributed by atoms with van der Waals surface area (Å²) in [5.41, 5.74) is 0. The summed E-state index contributed by atoms with van der Waals surface area (Å²) in [6.07, 6.45) is 12.2. The van der Waals surface area contributed by atoms with Crippen molar-refractivity contribution >= 4 is 5.97 Å².